The molecule has 4 nitrogen and oxygen atoms in total. The number of hydrogen-bond donors (Lipinski definition) is 0. The fourth-order valence-corrected chi connectivity index (χ4v) is 1.66. The van der Waals surface area contributed by atoms with Crippen LogP contribution in [0.15, 0.2) is 23.1 Å². The van der Waals surface area contributed by atoms with Crippen molar-refractivity contribution >= 4 is 27.5 Å². The van der Waals surface area contributed by atoms with E-state index in [4.69, 9.17) is 11.6 Å². The monoisotopic (exact) mass is 272 g/mol. The molecule has 0 N–H and O–H groups in total. The molecule has 72 valence electrons. The zero-order chi connectivity index (χ0) is 10.1. The zero-order valence-corrected chi connectivity index (χ0v) is 9.62. The maximum absolute atomic E-state index is 5.75. The molecule has 0 saturated carbocycles. The SMILES string of the molecule is Cc1nc(Br)cc(-n2cc(Cl)cn2)n1. The average molecular weight is 274 g/mol. The molecule has 0 radical (unpaired) electrons. The average Bonchev–Trinajstić information content (AvgIpc) is 2.50. The van der Waals surface area contributed by atoms with Crippen molar-refractivity contribution in [3.8, 4) is 5.82 Å². The van der Waals surface area contributed by atoms with Crippen LogP contribution in [0.1, 0.15) is 5.82 Å². The first-order valence-electron chi connectivity index (χ1n) is 3.87. The van der Waals surface area contributed by atoms with Crippen LogP contribution >= 0.6 is 27.5 Å². The van der Waals surface area contributed by atoms with Crippen molar-refractivity contribution in [2.24, 2.45) is 0 Å². The highest BCUT2D eigenvalue weighted by Crippen LogP contribution is 2.13. The van der Waals surface area contributed by atoms with E-state index in [1.165, 1.54) is 0 Å². The third-order valence-electron chi connectivity index (χ3n) is 1.58. The molecular formula is C8H6BrClN4. The number of nitrogens with zero attached hydrogens (tertiary/aromatic N) is 4. The second-order valence-corrected chi connectivity index (χ2v) is 3.95. The van der Waals surface area contributed by atoms with E-state index >= 15 is 0 Å². The Hall–Kier alpha value is -0.940. The van der Waals surface area contributed by atoms with E-state index in [1.807, 2.05) is 6.92 Å². The number of aromatic nitrogens is 4. The molecule has 0 aliphatic heterocycles. The second kappa shape index (κ2) is 3.67. The van der Waals surface area contributed by atoms with Crippen LogP contribution < -0.4 is 0 Å². The van der Waals surface area contributed by atoms with Crippen molar-refractivity contribution in [3.05, 3.63) is 33.9 Å². The van der Waals surface area contributed by atoms with Gasteiger partial charge in [0, 0.05) is 6.07 Å². The summed E-state index contributed by atoms with van der Waals surface area (Å²) in [5.74, 6) is 1.37. The third-order valence-corrected chi connectivity index (χ3v) is 2.18. The van der Waals surface area contributed by atoms with E-state index in [0.717, 1.165) is 4.60 Å². The summed E-state index contributed by atoms with van der Waals surface area (Å²) in [7, 11) is 0. The molecule has 0 aromatic carbocycles. The number of halogens is 2. The molecule has 0 bridgehead atoms. The van der Waals surface area contributed by atoms with Gasteiger partial charge in [-0.15, -0.1) is 0 Å². The van der Waals surface area contributed by atoms with Gasteiger partial charge in [0.2, 0.25) is 0 Å². The summed E-state index contributed by atoms with van der Waals surface area (Å²) in [6.07, 6.45) is 3.25. The Bertz CT molecular complexity index is 448. The molecule has 2 aromatic heterocycles. The van der Waals surface area contributed by atoms with E-state index in [-0.39, 0.29) is 0 Å². The van der Waals surface area contributed by atoms with E-state index in [9.17, 15) is 0 Å². The standard InChI is InChI=1S/C8H6BrClN4/c1-5-12-7(9)2-8(13-5)14-4-6(10)3-11-14/h2-4H,1H3. The predicted molar refractivity (Wildman–Crippen MR) is 56.6 cm³/mol. The summed E-state index contributed by atoms with van der Waals surface area (Å²) in [5, 5.41) is 4.62. The quantitative estimate of drug-likeness (QED) is 0.749. The maximum Gasteiger partial charge on any atom is 0.158 e. The van der Waals surface area contributed by atoms with Gasteiger partial charge >= 0.3 is 0 Å². The number of hydrogen-bond acceptors (Lipinski definition) is 3. The Kier molecular flexibility index (Phi) is 2.52. The van der Waals surface area contributed by atoms with E-state index in [2.05, 4.69) is 31.0 Å². The summed E-state index contributed by atoms with van der Waals surface area (Å²) in [5.41, 5.74) is 0. The molecule has 14 heavy (non-hydrogen) atoms. The fraction of sp³-hybridized carbons (Fsp3) is 0.125. The molecule has 6 heteroatoms. The molecule has 0 saturated heterocycles. The van der Waals surface area contributed by atoms with Crippen molar-refractivity contribution in [2.75, 3.05) is 0 Å². The lowest BCUT2D eigenvalue weighted by Gasteiger charge is -2.01. The fourth-order valence-electron chi connectivity index (χ4n) is 1.06. The van der Waals surface area contributed by atoms with Gasteiger partial charge in [0.25, 0.3) is 0 Å². The van der Waals surface area contributed by atoms with Gasteiger partial charge in [0.05, 0.1) is 17.4 Å². The predicted octanol–water partition coefficient (Wildman–Crippen LogP) is 2.39. The lowest BCUT2D eigenvalue weighted by atomic mass is 10.5. The minimum atomic E-state index is 0.581. The highest BCUT2D eigenvalue weighted by Gasteiger charge is 2.03. The molecule has 2 heterocycles. The van der Waals surface area contributed by atoms with Gasteiger partial charge in [-0.3, -0.25) is 0 Å². The molecular weight excluding hydrogens is 267 g/mol. The molecule has 0 spiro atoms. The van der Waals surface area contributed by atoms with Gasteiger partial charge < -0.3 is 0 Å². The lowest BCUT2D eigenvalue weighted by molar-refractivity contribution is 0.825. The van der Waals surface area contributed by atoms with Crippen LogP contribution in [0, 0.1) is 6.92 Å². The van der Waals surface area contributed by atoms with Gasteiger partial charge in [0.1, 0.15) is 10.4 Å². The molecule has 0 unspecified atom stereocenters. The van der Waals surface area contributed by atoms with Crippen LogP contribution in [0.4, 0.5) is 0 Å². The normalized spacial score (nSPS) is 10.5. The number of rotatable bonds is 1. The summed E-state index contributed by atoms with van der Waals surface area (Å²) >= 11 is 9.04. The van der Waals surface area contributed by atoms with Gasteiger partial charge in [-0.2, -0.15) is 5.10 Å². The van der Waals surface area contributed by atoms with Crippen molar-refractivity contribution in [1.29, 1.82) is 0 Å². The molecule has 0 aliphatic rings. The van der Waals surface area contributed by atoms with Crippen LogP contribution in [-0.2, 0) is 0 Å². The molecule has 2 aromatic rings. The lowest BCUT2D eigenvalue weighted by Crippen LogP contribution is -2.00. The van der Waals surface area contributed by atoms with Crippen LogP contribution in [0.25, 0.3) is 5.82 Å². The third kappa shape index (κ3) is 1.93. The highest BCUT2D eigenvalue weighted by molar-refractivity contribution is 9.10. The van der Waals surface area contributed by atoms with Gasteiger partial charge in [-0.05, 0) is 22.9 Å². The summed E-state index contributed by atoms with van der Waals surface area (Å²) in [6.45, 7) is 1.82. The maximum atomic E-state index is 5.75. The minimum Gasteiger partial charge on any atom is -0.226 e. The van der Waals surface area contributed by atoms with Crippen LogP contribution in [0.5, 0.6) is 0 Å². The molecule has 0 amide bonds. The number of aryl methyl sites for hydroxylation is 1. The van der Waals surface area contributed by atoms with Crippen LogP contribution in [0.3, 0.4) is 0 Å². The second-order valence-electron chi connectivity index (χ2n) is 2.70. The van der Waals surface area contributed by atoms with Crippen LogP contribution in [-0.4, -0.2) is 19.7 Å². The minimum absolute atomic E-state index is 0.581. The van der Waals surface area contributed by atoms with Gasteiger partial charge in [-0.25, -0.2) is 14.6 Å². The van der Waals surface area contributed by atoms with Crippen molar-refractivity contribution in [1.82, 2.24) is 19.7 Å². The Balaban J connectivity index is 2.51. The van der Waals surface area contributed by atoms with E-state index in [1.54, 1.807) is 23.1 Å². The van der Waals surface area contributed by atoms with Crippen molar-refractivity contribution < 1.29 is 0 Å². The molecule has 2 rings (SSSR count). The summed E-state index contributed by atoms with van der Waals surface area (Å²) < 4.78 is 2.33. The molecule has 0 fully saturated rings. The smallest absolute Gasteiger partial charge is 0.158 e. The Morgan fingerprint density at radius 2 is 2.21 bits per heavy atom. The van der Waals surface area contributed by atoms with Crippen molar-refractivity contribution in [2.45, 2.75) is 6.92 Å². The van der Waals surface area contributed by atoms with Gasteiger partial charge in [0.15, 0.2) is 5.82 Å². The largest absolute Gasteiger partial charge is 0.226 e. The van der Waals surface area contributed by atoms with Gasteiger partial charge in [-0.1, -0.05) is 11.6 Å². The first-order chi connectivity index (χ1) is 6.65. The first kappa shape index (κ1) is 9.61. The highest BCUT2D eigenvalue weighted by atomic mass is 79.9. The molecule has 0 atom stereocenters. The Morgan fingerprint density at radius 1 is 1.43 bits per heavy atom. The van der Waals surface area contributed by atoms with E-state index < -0.39 is 0 Å². The first-order valence-corrected chi connectivity index (χ1v) is 5.04. The Morgan fingerprint density at radius 3 is 2.79 bits per heavy atom. The Labute approximate surface area is 94.1 Å². The van der Waals surface area contributed by atoms with Crippen LogP contribution in [0.2, 0.25) is 5.02 Å². The topological polar surface area (TPSA) is 43.6 Å². The van der Waals surface area contributed by atoms with E-state index in [0.29, 0.717) is 16.7 Å². The van der Waals surface area contributed by atoms with Crippen molar-refractivity contribution in [3.63, 3.8) is 0 Å². The summed E-state index contributed by atoms with van der Waals surface area (Å²) in [6, 6.07) is 1.77. The zero-order valence-electron chi connectivity index (χ0n) is 7.28. The molecule has 0 aliphatic carbocycles. The summed E-state index contributed by atoms with van der Waals surface area (Å²) in [4.78, 5) is 8.32.